The molecule has 3 aromatic carbocycles. The van der Waals surface area contributed by atoms with Gasteiger partial charge in [0.15, 0.2) is 11.5 Å². The summed E-state index contributed by atoms with van der Waals surface area (Å²) in [5, 5.41) is 0. The molecular weight excluding hydrogens is 461 g/mol. The molecule has 35 heavy (non-hydrogen) atoms. The predicted molar refractivity (Wildman–Crippen MR) is 140 cm³/mol. The minimum Gasteiger partial charge on any atom is -0.494 e. The molecule has 0 saturated heterocycles. The van der Waals surface area contributed by atoms with E-state index in [0.29, 0.717) is 29.0 Å². The van der Waals surface area contributed by atoms with Crippen LogP contribution >= 0.6 is 12.0 Å². The number of hydrogen-bond acceptors (Lipinski definition) is 5. The highest BCUT2D eigenvalue weighted by Gasteiger charge is 2.34. The van der Waals surface area contributed by atoms with Crippen molar-refractivity contribution in [2.75, 3.05) is 20.3 Å². The Kier molecular flexibility index (Phi) is 8.58. The lowest BCUT2D eigenvalue weighted by atomic mass is 9.83. The molecular formula is C29H34FNO3S. The van der Waals surface area contributed by atoms with Crippen molar-refractivity contribution < 1.29 is 18.0 Å². The Morgan fingerprint density at radius 1 is 0.971 bits per heavy atom. The molecule has 0 aromatic heterocycles. The van der Waals surface area contributed by atoms with E-state index in [4.69, 9.17) is 13.7 Å². The second-order valence-electron chi connectivity index (χ2n) is 8.80. The van der Waals surface area contributed by atoms with Crippen LogP contribution in [0.25, 0.3) is 0 Å². The molecule has 1 atom stereocenters. The van der Waals surface area contributed by atoms with Crippen molar-refractivity contribution in [3.05, 3.63) is 82.7 Å². The van der Waals surface area contributed by atoms with E-state index < -0.39 is 0 Å². The number of nitrogens with zero attached hydrogens (tertiary/aromatic N) is 1. The number of ether oxygens (including phenoxy) is 2. The molecule has 2 aliphatic heterocycles. The van der Waals surface area contributed by atoms with E-state index in [2.05, 4.69) is 49.1 Å². The largest absolute Gasteiger partial charge is 0.494 e. The maximum Gasteiger partial charge on any atom is 0.179 e. The van der Waals surface area contributed by atoms with Crippen LogP contribution in [0.15, 0.2) is 59.5 Å². The first-order valence-electron chi connectivity index (χ1n) is 12.4. The normalized spacial score (nSPS) is 16.2. The summed E-state index contributed by atoms with van der Waals surface area (Å²) in [5.41, 5.74) is 5.24. The van der Waals surface area contributed by atoms with Crippen LogP contribution in [-0.4, -0.2) is 25.2 Å². The highest BCUT2D eigenvalue weighted by molar-refractivity contribution is 7.95. The number of methoxy groups -OCH3 is 1. The lowest BCUT2D eigenvalue weighted by Crippen LogP contribution is -2.39. The molecule has 0 amide bonds. The molecule has 0 bridgehead atoms. The number of benzene rings is 3. The van der Waals surface area contributed by atoms with Gasteiger partial charge in [-0.05, 0) is 72.9 Å². The Bertz CT molecular complexity index is 1150. The quantitative estimate of drug-likeness (QED) is 0.333. The first-order chi connectivity index (χ1) is 17.1. The first-order valence-corrected chi connectivity index (χ1v) is 13.1. The fourth-order valence-corrected chi connectivity index (χ4v) is 5.32. The van der Waals surface area contributed by atoms with Gasteiger partial charge in [-0.25, -0.2) is 4.39 Å². The molecule has 2 heterocycles. The van der Waals surface area contributed by atoms with Crippen molar-refractivity contribution in [1.82, 2.24) is 4.90 Å². The van der Waals surface area contributed by atoms with E-state index in [1.54, 1.807) is 13.2 Å². The Balaban J connectivity index is 0.000000917. The van der Waals surface area contributed by atoms with E-state index >= 15 is 0 Å². The Morgan fingerprint density at radius 3 is 2.51 bits per heavy atom. The minimum absolute atomic E-state index is 0.277. The van der Waals surface area contributed by atoms with Gasteiger partial charge in [-0.15, -0.1) is 0 Å². The monoisotopic (exact) mass is 495 g/mol. The van der Waals surface area contributed by atoms with Gasteiger partial charge in [0.1, 0.15) is 11.6 Å². The Hall–Kier alpha value is -2.70. The maximum atomic E-state index is 13.5. The van der Waals surface area contributed by atoms with Crippen molar-refractivity contribution in [3.63, 3.8) is 0 Å². The molecule has 0 fully saturated rings. The second kappa shape index (κ2) is 11.8. The van der Waals surface area contributed by atoms with Gasteiger partial charge >= 0.3 is 0 Å². The first kappa shape index (κ1) is 25.4. The van der Waals surface area contributed by atoms with Gasteiger partial charge in [0, 0.05) is 24.7 Å². The standard InChI is InChI=1S/C26H26FNO3S.C3H8/c1-3-30-24-9-4-6-17-12-23-21-15-25(29-2)26(31-32-20-8-5-7-19(27)14-20)13-18(21)10-11-28(23)16-22(17)24;1-3-2/h4-9,13-15,23H,3,10-12,16H2,1-2H3;3H2,1-2H3. The van der Waals surface area contributed by atoms with Gasteiger partial charge in [-0.2, -0.15) is 0 Å². The molecule has 0 aliphatic carbocycles. The third-order valence-electron chi connectivity index (χ3n) is 6.22. The van der Waals surface area contributed by atoms with Gasteiger partial charge in [-0.1, -0.05) is 38.5 Å². The Morgan fingerprint density at radius 2 is 1.77 bits per heavy atom. The summed E-state index contributed by atoms with van der Waals surface area (Å²) in [7, 11) is 1.66. The Labute approximate surface area is 212 Å². The van der Waals surface area contributed by atoms with E-state index in [1.807, 2.05) is 13.0 Å². The average molecular weight is 496 g/mol. The van der Waals surface area contributed by atoms with Crippen LogP contribution in [0, 0.1) is 5.82 Å². The number of fused-ring (bicyclic) bond motifs is 4. The summed E-state index contributed by atoms with van der Waals surface area (Å²) in [6, 6.07) is 17.3. The van der Waals surface area contributed by atoms with E-state index in [9.17, 15) is 4.39 Å². The summed E-state index contributed by atoms with van der Waals surface area (Å²) in [6.45, 7) is 8.84. The predicted octanol–water partition coefficient (Wildman–Crippen LogP) is 7.39. The smallest absolute Gasteiger partial charge is 0.179 e. The van der Waals surface area contributed by atoms with Crippen molar-refractivity contribution >= 4 is 12.0 Å². The van der Waals surface area contributed by atoms with Crippen molar-refractivity contribution in [2.24, 2.45) is 0 Å². The highest BCUT2D eigenvalue weighted by atomic mass is 32.2. The summed E-state index contributed by atoms with van der Waals surface area (Å²) in [5.74, 6) is 2.10. The molecule has 1 unspecified atom stereocenters. The molecule has 0 spiro atoms. The lowest BCUT2D eigenvalue weighted by Gasteiger charge is -2.42. The van der Waals surface area contributed by atoms with Gasteiger partial charge in [0.2, 0.25) is 0 Å². The van der Waals surface area contributed by atoms with Crippen LogP contribution in [0.5, 0.6) is 17.2 Å². The molecule has 0 saturated carbocycles. The number of hydrogen-bond donors (Lipinski definition) is 0. The molecule has 3 aromatic rings. The molecule has 6 heteroatoms. The number of halogens is 1. The van der Waals surface area contributed by atoms with Gasteiger partial charge in [0.05, 0.1) is 30.7 Å². The van der Waals surface area contributed by atoms with Crippen molar-refractivity contribution in [3.8, 4) is 17.2 Å². The van der Waals surface area contributed by atoms with Crippen LogP contribution in [0.4, 0.5) is 4.39 Å². The van der Waals surface area contributed by atoms with Gasteiger partial charge in [-0.3, -0.25) is 4.90 Å². The third kappa shape index (κ3) is 5.76. The molecule has 2 aliphatic rings. The highest BCUT2D eigenvalue weighted by Crippen LogP contribution is 2.44. The van der Waals surface area contributed by atoms with E-state index in [1.165, 1.54) is 40.8 Å². The van der Waals surface area contributed by atoms with Crippen LogP contribution in [0.2, 0.25) is 0 Å². The summed E-state index contributed by atoms with van der Waals surface area (Å²) in [6.07, 6.45) is 3.15. The SMILES string of the molecule is CCC.CCOc1cccc2c1CN1CCc3cc(OSc4cccc(F)c4)c(OC)cc3C1C2. The summed E-state index contributed by atoms with van der Waals surface area (Å²) in [4.78, 5) is 3.25. The number of rotatable bonds is 6. The van der Waals surface area contributed by atoms with Gasteiger partial charge in [0.25, 0.3) is 0 Å². The van der Waals surface area contributed by atoms with E-state index in [0.717, 1.165) is 43.7 Å². The molecule has 4 nitrogen and oxygen atoms in total. The second-order valence-corrected chi connectivity index (χ2v) is 9.61. The van der Waals surface area contributed by atoms with Crippen LogP contribution in [0.3, 0.4) is 0 Å². The van der Waals surface area contributed by atoms with Gasteiger partial charge < -0.3 is 13.7 Å². The van der Waals surface area contributed by atoms with E-state index in [-0.39, 0.29) is 5.82 Å². The average Bonchev–Trinajstić information content (AvgIpc) is 2.86. The zero-order valence-electron chi connectivity index (χ0n) is 21.0. The van der Waals surface area contributed by atoms with Crippen LogP contribution in [0.1, 0.15) is 55.5 Å². The molecule has 5 rings (SSSR count). The maximum absolute atomic E-state index is 13.5. The molecule has 186 valence electrons. The zero-order chi connectivity index (χ0) is 24.8. The fourth-order valence-electron chi connectivity index (χ4n) is 4.71. The fraction of sp³-hybridized carbons (Fsp3) is 0.379. The molecule has 0 radical (unpaired) electrons. The zero-order valence-corrected chi connectivity index (χ0v) is 21.8. The summed E-state index contributed by atoms with van der Waals surface area (Å²) >= 11 is 1.14. The van der Waals surface area contributed by atoms with Crippen LogP contribution < -0.4 is 13.7 Å². The van der Waals surface area contributed by atoms with Crippen molar-refractivity contribution in [1.29, 1.82) is 0 Å². The third-order valence-corrected chi connectivity index (χ3v) is 6.93. The minimum atomic E-state index is -0.277. The van der Waals surface area contributed by atoms with Crippen LogP contribution in [-0.2, 0) is 19.4 Å². The topological polar surface area (TPSA) is 30.9 Å². The van der Waals surface area contributed by atoms with Crippen molar-refractivity contribution in [2.45, 2.75) is 57.5 Å². The lowest BCUT2D eigenvalue weighted by molar-refractivity contribution is 0.157. The summed E-state index contributed by atoms with van der Waals surface area (Å²) < 4.78 is 31.0. The molecule has 0 N–H and O–H groups in total.